The molecule has 2 amide bonds. The third-order valence-corrected chi connectivity index (χ3v) is 3.68. The summed E-state index contributed by atoms with van der Waals surface area (Å²) in [5, 5.41) is 16.2. The minimum Gasteiger partial charge on any atom is -0.396 e. The number of carbonyl (C=O) groups excluding carboxylic acids is 1. The van der Waals surface area contributed by atoms with E-state index in [0.717, 1.165) is 11.1 Å². The van der Waals surface area contributed by atoms with Crippen molar-refractivity contribution in [2.75, 3.05) is 13.7 Å². The van der Waals surface area contributed by atoms with Gasteiger partial charge in [-0.25, -0.2) is 4.79 Å². The van der Waals surface area contributed by atoms with Crippen molar-refractivity contribution < 1.29 is 9.90 Å². The van der Waals surface area contributed by atoms with Crippen LogP contribution < -0.4 is 5.32 Å². The van der Waals surface area contributed by atoms with Crippen LogP contribution in [0.25, 0.3) is 0 Å². The molecule has 23 heavy (non-hydrogen) atoms. The maximum absolute atomic E-state index is 12.4. The second-order valence-electron chi connectivity index (χ2n) is 5.66. The number of benzene rings is 1. The lowest BCUT2D eigenvalue weighted by Gasteiger charge is -2.23. The van der Waals surface area contributed by atoms with Crippen molar-refractivity contribution in [3.8, 4) is 0 Å². The molecule has 0 spiro atoms. The number of urea groups is 1. The number of amides is 2. The molecule has 6 heteroatoms. The molecule has 0 radical (unpaired) electrons. The van der Waals surface area contributed by atoms with Crippen LogP contribution in [-0.2, 0) is 13.6 Å². The fourth-order valence-electron chi connectivity index (χ4n) is 2.46. The SMILES string of the molecule is CN(Cc1cnn(C)c1)C(=O)NC(CCCO)c1ccccc1. The lowest BCUT2D eigenvalue weighted by Crippen LogP contribution is -2.39. The number of rotatable bonds is 7. The van der Waals surface area contributed by atoms with Crippen molar-refractivity contribution in [1.82, 2.24) is 20.0 Å². The first-order chi connectivity index (χ1) is 11.1. The van der Waals surface area contributed by atoms with E-state index in [9.17, 15) is 4.79 Å². The minimum absolute atomic E-state index is 0.104. The van der Waals surface area contributed by atoms with Crippen LogP contribution >= 0.6 is 0 Å². The van der Waals surface area contributed by atoms with Crippen molar-refractivity contribution in [3.05, 3.63) is 53.9 Å². The summed E-state index contributed by atoms with van der Waals surface area (Å²) in [7, 11) is 3.61. The van der Waals surface area contributed by atoms with Gasteiger partial charge in [0.2, 0.25) is 0 Å². The van der Waals surface area contributed by atoms with Gasteiger partial charge in [-0.2, -0.15) is 5.10 Å². The molecule has 124 valence electrons. The van der Waals surface area contributed by atoms with Crippen LogP contribution in [0.15, 0.2) is 42.7 Å². The average Bonchev–Trinajstić information content (AvgIpc) is 2.97. The van der Waals surface area contributed by atoms with E-state index >= 15 is 0 Å². The van der Waals surface area contributed by atoms with Crippen LogP contribution in [0.2, 0.25) is 0 Å². The number of aryl methyl sites for hydroxylation is 1. The Labute approximate surface area is 136 Å². The Kier molecular flexibility index (Phi) is 6.17. The first-order valence-electron chi connectivity index (χ1n) is 7.75. The molecule has 2 aromatic rings. The van der Waals surface area contributed by atoms with Gasteiger partial charge in [0.1, 0.15) is 0 Å². The van der Waals surface area contributed by atoms with E-state index in [0.29, 0.717) is 19.4 Å². The third-order valence-electron chi connectivity index (χ3n) is 3.68. The summed E-state index contributed by atoms with van der Waals surface area (Å²) in [6, 6.07) is 9.59. The summed E-state index contributed by atoms with van der Waals surface area (Å²) >= 11 is 0. The summed E-state index contributed by atoms with van der Waals surface area (Å²) < 4.78 is 1.72. The molecule has 1 heterocycles. The average molecular weight is 316 g/mol. The smallest absolute Gasteiger partial charge is 0.317 e. The minimum atomic E-state index is -0.138. The van der Waals surface area contributed by atoms with Crippen molar-refractivity contribution >= 4 is 6.03 Å². The number of aliphatic hydroxyl groups excluding tert-OH is 1. The molecule has 0 saturated carbocycles. The highest BCUT2D eigenvalue weighted by Gasteiger charge is 2.17. The molecule has 6 nitrogen and oxygen atoms in total. The Morgan fingerprint density at radius 1 is 1.39 bits per heavy atom. The zero-order valence-corrected chi connectivity index (χ0v) is 13.6. The Balaban J connectivity index is 1.98. The predicted octanol–water partition coefficient (Wildman–Crippen LogP) is 2.08. The number of hydrogen-bond donors (Lipinski definition) is 2. The van der Waals surface area contributed by atoms with Gasteiger partial charge in [0.05, 0.1) is 18.8 Å². The fraction of sp³-hybridized carbons (Fsp3) is 0.412. The van der Waals surface area contributed by atoms with Gasteiger partial charge in [0, 0.05) is 32.5 Å². The van der Waals surface area contributed by atoms with Gasteiger partial charge < -0.3 is 15.3 Å². The fourth-order valence-corrected chi connectivity index (χ4v) is 2.46. The second kappa shape index (κ2) is 8.33. The molecule has 1 aromatic heterocycles. The van der Waals surface area contributed by atoms with E-state index in [1.54, 1.807) is 22.8 Å². The van der Waals surface area contributed by atoms with Gasteiger partial charge in [-0.1, -0.05) is 30.3 Å². The zero-order chi connectivity index (χ0) is 16.7. The summed E-state index contributed by atoms with van der Waals surface area (Å²) in [4.78, 5) is 14.1. The Bertz CT molecular complexity index is 612. The van der Waals surface area contributed by atoms with Crippen molar-refractivity contribution in [2.24, 2.45) is 7.05 Å². The summed E-state index contributed by atoms with van der Waals surface area (Å²) in [5.74, 6) is 0. The second-order valence-corrected chi connectivity index (χ2v) is 5.66. The molecule has 0 bridgehead atoms. The van der Waals surface area contributed by atoms with Crippen LogP contribution in [0.3, 0.4) is 0 Å². The molecule has 1 atom stereocenters. The van der Waals surface area contributed by atoms with E-state index in [1.807, 2.05) is 43.6 Å². The van der Waals surface area contributed by atoms with Crippen LogP contribution in [0, 0.1) is 0 Å². The molecule has 1 unspecified atom stereocenters. The van der Waals surface area contributed by atoms with E-state index in [2.05, 4.69) is 10.4 Å². The van der Waals surface area contributed by atoms with Crippen LogP contribution in [0.1, 0.15) is 30.0 Å². The third kappa shape index (κ3) is 5.10. The molecule has 2 rings (SSSR count). The van der Waals surface area contributed by atoms with Gasteiger partial charge in [0.15, 0.2) is 0 Å². The van der Waals surface area contributed by atoms with Crippen molar-refractivity contribution in [2.45, 2.75) is 25.4 Å². The van der Waals surface area contributed by atoms with Crippen molar-refractivity contribution in [3.63, 3.8) is 0 Å². The predicted molar refractivity (Wildman–Crippen MR) is 88.7 cm³/mol. The van der Waals surface area contributed by atoms with Gasteiger partial charge in [0.25, 0.3) is 0 Å². The van der Waals surface area contributed by atoms with Crippen LogP contribution in [0.4, 0.5) is 4.79 Å². The number of nitrogens with one attached hydrogen (secondary N) is 1. The van der Waals surface area contributed by atoms with Gasteiger partial charge >= 0.3 is 6.03 Å². The highest BCUT2D eigenvalue weighted by molar-refractivity contribution is 5.74. The highest BCUT2D eigenvalue weighted by Crippen LogP contribution is 2.18. The quantitative estimate of drug-likeness (QED) is 0.821. The lowest BCUT2D eigenvalue weighted by atomic mass is 10.0. The molecule has 2 N–H and O–H groups in total. The Morgan fingerprint density at radius 3 is 2.74 bits per heavy atom. The molecule has 0 aliphatic carbocycles. The van der Waals surface area contributed by atoms with Crippen molar-refractivity contribution in [1.29, 1.82) is 0 Å². The number of nitrogens with zero attached hydrogens (tertiary/aromatic N) is 3. The van der Waals surface area contributed by atoms with Gasteiger partial charge in [-0.15, -0.1) is 0 Å². The van der Waals surface area contributed by atoms with E-state index in [4.69, 9.17) is 5.11 Å². The normalized spacial score (nSPS) is 12.0. The number of carbonyl (C=O) groups is 1. The van der Waals surface area contributed by atoms with E-state index in [-0.39, 0.29) is 18.7 Å². The Morgan fingerprint density at radius 2 is 2.13 bits per heavy atom. The summed E-state index contributed by atoms with van der Waals surface area (Å²) in [6.07, 6.45) is 4.99. The van der Waals surface area contributed by atoms with E-state index in [1.165, 1.54) is 0 Å². The van der Waals surface area contributed by atoms with Gasteiger partial charge in [-0.3, -0.25) is 4.68 Å². The first kappa shape index (κ1) is 17.0. The van der Waals surface area contributed by atoms with E-state index < -0.39 is 0 Å². The topological polar surface area (TPSA) is 70.4 Å². The monoisotopic (exact) mass is 316 g/mol. The van der Waals surface area contributed by atoms with Crippen LogP contribution in [0.5, 0.6) is 0 Å². The number of aromatic nitrogens is 2. The maximum atomic E-state index is 12.4. The van der Waals surface area contributed by atoms with Crippen LogP contribution in [-0.4, -0.2) is 39.5 Å². The first-order valence-corrected chi connectivity index (χ1v) is 7.75. The van der Waals surface area contributed by atoms with Gasteiger partial charge in [-0.05, 0) is 18.4 Å². The number of aliphatic hydroxyl groups is 1. The largest absolute Gasteiger partial charge is 0.396 e. The molecule has 1 aromatic carbocycles. The molecule has 0 aliphatic heterocycles. The molecular formula is C17H24N4O2. The summed E-state index contributed by atoms with van der Waals surface area (Å²) in [5.41, 5.74) is 2.03. The zero-order valence-electron chi connectivity index (χ0n) is 13.6. The molecule has 0 saturated heterocycles. The highest BCUT2D eigenvalue weighted by atomic mass is 16.3. The molecular weight excluding hydrogens is 292 g/mol. The maximum Gasteiger partial charge on any atom is 0.317 e. The molecule has 0 fully saturated rings. The lowest BCUT2D eigenvalue weighted by molar-refractivity contribution is 0.200. The Hall–Kier alpha value is -2.34. The standard InChI is InChI=1S/C17H24N4O2/c1-20(12-14-11-18-21(2)13-14)17(23)19-16(9-6-10-22)15-7-4-3-5-8-15/h3-5,7-8,11,13,16,22H,6,9-10,12H2,1-2H3,(H,19,23). The molecule has 0 aliphatic rings. The summed E-state index contributed by atoms with van der Waals surface area (Å²) in [6.45, 7) is 0.617. The number of hydrogen-bond acceptors (Lipinski definition) is 3.